The van der Waals surface area contributed by atoms with E-state index in [2.05, 4.69) is 4.74 Å². The molecule has 2 N–H and O–H groups in total. The van der Waals surface area contributed by atoms with E-state index in [1.165, 1.54) is 13.2 Å². The molecular weight excluding hydrogens is 290 g/mol. The Kier molecular flexibility index (Phi) is 4.38. The molecule has 0 aliphatic heterocycles. The molecular formula is C16H16ClNO3. The maximum atomic E-state index is 11.4. The Bertz CT molecular complexity index is 675. The lowest BCUT2D eigenvalue weighted by Gasteiger charge is -2.14. The number of nitrogen functional groups attached to an aromatic ring is 1. The van der Waals surface area contributed by atoms with Crippen LogP contribution in [0.2, 0.25) is 5.02 Å². The Hall–Kier alpha value is -2.20. The number of esters is 1. The highest BCUT2D eigenvalue weighted by atomic mass is 35.5. The first kappa shape index (κ1) is 15.2. The summed E-state index contributed by atoms with van der Waals surface area (Å²) in [4.78, 5) is 11.4. The van der Waals surface area contributed by atoms with Crippen LogP contribution in [0.4, 0.5) is 5.69 Å². The lowest BCUT2D eigenvalue weighted by atomic mass is 10.1. The van der Waals surface area contributed by atoms with Crippen molar-refractivity contribution in [3.8, 4) is 11.5 Å². The highest BCUT2D eigenvalue weighted by Crippen LogP contribution is 2.34. The van der Waals surface area contributed by atoms with Crippen LogP contribution in [0.1, 0.15) is 21.5 Å². The third-order valence-electron chi connectivity index (χ3n) is 3.07. The molecule has 0 atom stereocenters. The Morgan fingerprint density at radius 1 is 1.14 bits per heavy atom. The Morgan fingerprint density at radius 3 is 2.29 bits per heavy atom. The molecule has 0 aliphatic rings. The number of rotatable bonds is 3. The second kappa shape index (κ2) is 6.06. The average Bonchev–Trinajstić information content (AvgIpc) is 2.43. The summed E-state index contributed by atoms with van der Waals surface area (Å²) in [6.07, 6.45) is 0. The summed E-state index contributed by atoms with van der Waals surface area (Å²) in [6.45, 7) is 3.82. The van der Waals surface area contributed by atoms with Gasteiger partial charge in [-0.25, -0.2) is 4.79 Å². The zero-order valence-corrected chi connectivity index (χ0v) is 12.8. The first-order valence-corrected chi connectivity index (χ1v) is 6.72. The molecule has 0 saturated heterocycles. The van der Waals surface area contributed by atoms with E-state index in [-0.39, 0.29) is 0 Å². The van der Waals surface area contributed by atoms with Crippen LogP contribution in [0, 0.1) is 13.8 Å². The number of carbonyl (C=O) groups is 1. The molecule has 0 aliphatic carbocycles. The minimum absolute atomic E-state index is 0.367. The van der Waals surface area contributed by atoms with Crippen LogP contribution in [-0.2, 0) is 4.74 Å². The average molecular weight is 306 g/mol. The number of halogens is 1. The van der Waals surface area contributed by atoms with E-state index in [4.69, 9.17) is 22.1 Å². The third kappa shape index (κ3) is 3.28. The van der Waals surface area contributed by atoms with Gasteiger partial charge in [-0.15, -0.1) is 0 Å². The maximum absolute atomic E-state index is 11.4. The molecule has 0 saturated carbocycles. The molecule has 2 aromatic carbocycles. The first-order valence-electron chi connectivity index (χ1n) is 6.35. The molecule has 110 valence electrons. The third-order valence-corrected chi connectivity index (χ3v) is 3.29. The summed E-state index contributed by atoms with van der Waals surface area (Å²) in [5, 5.41) is 0.659. The largest absolute Gasteiger partial charge is 0.465 e. The van der Waals surface area contributed by atoms with E-state index in [0.29, 0.717) is 27.8 Å². The molecule has 0 amide bonds. The quantitative estimate of drug-likeness (QED) is 0.684. The Labute approximate surface area is 128 Å². The van der Waals surface area contributed by atoms with E-state index in [1.54, 1.807) is 12.1 Å². The minimum atomic E-state index is -0.438. The lowest BCUT2D eigenvalue weighted by Crippen LogP contribution is -2.03. The van der Waals surface area contributed by atoms with E-state index in [1.807, 2.05) is 26.0 Å². The number of benzene rings is 2. The highest BCUT2D eigenvalue weighted by molar-refractivity contribution is 6.30. The zero-order valence-electron chi connectivity index (χ0n) is 12.1. The summed E-state index contributed by atoms with van der Waals surface area (Å²) in [5.41, 5.74) is 8.51. The minimum Gasteiger partial charge on any atom is -0.465 e. The molecule has 0 radical (unpaired) electrons. The normalized spacial score (nSPS) is 10.3. The topological polar surface area (TPSA) is 61.5 Å². The van der Waals surface area contributed by atoms with Crippen molar-refractivity contribution in [2.75, 3.05) is 12.8 Å². The van der Waals surface area contributed by atoms with E-state index < -0.39 is 5.97 Å². The van der Waals surface area contributed by atoms with Gasteiger partial charge in [-0.05, 0) is 55.3 Å². The zero-order chi connectivity index (χ0) is 15.6. The van der Waals surface area contributed by atoms with E-state index >= 15 is 0 Å². The lowest BCUT2D eigenvalue weighted by molar-refractivity contribution is 0.0601. The molecule has 2 aromatic rings. The summed E-state index contributed by atoms with van der Waals surface area (Å²) in [7, 11) is 1.32. The molecule has 0 heterocycles. The van der Waals surface area contributed by atoms with Crippen LogP contribution in [0.25, 0.3) is 0 Å². The standard InChI is InChI=1S/C16H16ClNO3/c1-9-6-12(17)7-10(2)15(9)21-14-5-4-11(8-13(14)18)16(19)20-3/h4-8H,18H2,1-3H3. The summed E-state index contributed by atoms with van der Waals surface area (Å²) < 4.78 is 10.5. The SMILES string of the molecule is COC(=O)c1ccc(Oc2c(C)cc(Cl)cc2C)c(N)c1. The Morgan fingerprint density at radius 2 is 1.76 bits per heavy atom. The van der Waals surface area contributed by atoms with Crippen molar-refractivity contribution >= 4 is 23.3 Å². The number of anilines is 1. The number of carbonyl (C=O) groups excluding carboxylic acids is 1. The monoisotopic (exact) mass is 305 g/mol. The predicted molar refractivity (Wildman–Crippen MR) is 83.2 cm³/mol. The van der Waals surface area contributed by atoms with Gasteiger partial charge in [-0.2, -0.15) is 0 Å². The number of nitrogens with two attached hydrogens (primary N) is 1. The van der Waals surface area contributed by atoms with Crippen molar-refractivity contribution in [1.29, 1.82) is 0 Å². The van der Waals surface area contributed by atoms with Gasteiger partial charge in [-0.1, -0.05) is 11.6 Å². The second-order valence-corrected chi connectivity index (χ2v) is 5.15. The van der Waals surface area contributed by atoms with E-state index in [0.717, 1.165) is 11.1 Å². The van der Waals surface area contributed by atoms with Gasteiger partial charge in [0.2, 0.25) is 0 Å². The number of aryl methyl sites for hydroxylation is 2. The number of ether oxygens (including phenoxy) is 2. The number of methoxy groups -OCH3 is 1. The van der Waals surface area contributed by atoms with Gasteiger partial charge in [0.15, 0.2) is 0 Å². The van der Waals surface area contributed by atoms with Crippen molar-refractivity contribution in [3.63, 3.8) is 0 Å². The van der Waals surface area contributed by atoms with Gasteiger partial charge < -0.3 is 15.2 Å². The van der Waals surface area contributed by atoms with Gasteiger partial charge in [0.25, 0.3) is 0 Å². The van der Waals surface area contributed by atoms with Crippen molar-refractivity contribution in [2.45, 2.75) is 13.8 Å². The van der Waals surface area contributed by atoms with Gasteiger partial charge in [-0.3, -0.25) is 0 Å². The fraction of sp³-hybridized carbons (Fsp3) is 0.188. The summed E-state index contributed by atoms with van der Waals surface area (Å²) in [5.74, 6) is 0.750. The molecule has 0 aromatic heterocycles. The molecule has 0 unspecified atom stereocenters. The van der Waals surface area contributed by atoms with Crippen molar-refractivity contribution in [3.05, 3.63) is 52.0 Å². The van der Waals surface area contributed by atoms with Crippen molar-refractivity contribution in [2.24, 2.45) is 0 Å². The predicted octanol–water partition coefficient (Wildman–Crippen LogP) is 4.12. The van der Waals surface area contributed by atoms with Crippen LogP contribution < -0.4 is 10.5 Å². The van der Waals surface area contributed by atoms with Crippen molar-refractivity contribution in [1.82, 2.24) is 0 Å². The van der Waals surface area contributed by atoms with Gasteiger partial charge in [0.1, 0.15) is 11.5 Å². The van der Waals surface area contributed by atoms with Crippen LogP contribution >= 0.6 is 11.6 Å². The molecule has 21 heavy (non-hydrogen) atoms. The van der Waals surface area contributed by atoms with Crippen LogP contribution in [0.15, 0.2) is 30.3 Å². The summed E-state index contributed by atoms with van der Waals surface area (Å²) >= 11 is 6.00. The molecule has 0 spiro atoms. The van der Waals surface area contributed by atoms with Crippen LogP contribution in [-0.4, -0.2) is 13.1 Å². The van der Waals surface area contributed by atoms with E-state index in [9.17, 15) is 4.79 Å². The van der Waals surface area contributed by atoms with Crippen LogP contribution in [0.3, 0.4) is 0 Å². The van der Waals surface area contributed by atoms with Gasteiger partial charge in [0.05, 0.1) is 18.4 Å². The molecule has 5 heteroatoms. The fourth-order valence-electron chi connectivity index (χ4n) is 2.05. The molecule has 4 nitrogen and oxygen atoms in total. The van der Waals surface area contributed by atoms with Gasteiger partial charge in [0, 0.05) is 5.02 Å². The molecule has 2 rings (SSSR count). The van der Waals surface area contributed by atoms with Crippen molar-refractivity contribution < 1.29 is 14.3 Å². The summed E-state index contributed by atoms with van der Waals surface area (Å²) in [6, 6.07) is 8.43. The molecule has 0 bridgehead atoms. The first-order chi connectivity index (χ1) is 9.92. The highest BCUT2D eigenvalue weighted by Gasteiger charge is 2.12. The van der Waals surface area contributed by atoms with Gasteiger partial charge >= 0.3 is 5.97 Å². The van der Waals surface area contributed by atoms with Crippen LogP contribution in [0.5, 0.6) is 11.5 Å². The molecule has 0 fully saturated rings. The fourth-order valence-corrected chi connectivity index (χ4v) is 2.38. The number of hydrogen-bond acceptors (Lipinski definition) is 4. The smallest absolute Gasteiger partial charge is 0.337 e. The second-order valence-electron chi connectivity index (χ2n) is 4.71. The number of hydrogen-bond donors (Lipinski definition) is 1. The Balaban J connectivity index is 2.35. The maximum Gasteiger partial charge on any atom is 0.337 e.